The molecule has 0 spiro atoms. The van der Waals surface area contributed by atoms with Gasteiger partial charge in [0.05, 0.1) is 15.7 Å². The Morgan fingerprint density at radius 2 is 2.38 bits per heavy atom. The van der Waals surface area contributed by atoms with E-state index in [2.05, 4.69) is 41.5 Å². The first-order chi connectivity index (χ1) is 7.83. The normalized spacial score (nSPS) is 20.6. The minimum atomic E-state index is 0.742. The fourth-order valence-electron chi connectivity index (χ4n) is 2.00. The summed E-state index contributed by atoms with van der Waals surface area (Å²) in [6.45, 7) is 3.34. The average molecular weight is 230 g/mol. The summed E-state index contributed by atoms with van der Waals surface area (Å²) < 4.78 is 1.26. The van der Waals surface area contributed by atoms with Crippen molar-refractivity contribution in [2.75, 3.05) is 6.54 Å². The third-order valence-electron chi connectivity index (χ3n) is 3.01. The van der Waals surface area contributed by atoms with Gasteiger partial charge < -0.3 is 5.32 Å². The minimum absolute atomic E-state index is 0.742. The second-order valence-corrected chi connectivity index (χ2v) is 5.26. The molecule has 0 unspecified atom stereocenters. The first-order valence-electron chi connectivity index (χ1n) is 5.60. The highest BCUT2D eigenvalue weighted by atomic mass is 32.1. The number of benzene rings is 1. The highest BCUT2D eigenvalue weighted by Crippen LogP contribution is 2.24. The molecule has 1 aliphatic rings. The van der Waals surface area contributed by atoms with Crippen LogP contribution in [-0.4, -0.2) is 11.5 Å². The molecular formula is C13H14N2S. The van der Waals surface area contributed by atoms with Crippen LogP contribution in [0, 0.1) is 5.92 Å². The van der Waals surface area contributed by atoms with Gasteiger partial charge in [0.25, 0.3) is 0 Å². The van der Waals surface area contributed by atoms with Crippen LogP contribution >= 0.6 is 11.3 Å². The van der Waals surface area contributed by atoms with Gasteiger partial charge in [0.15, 0.2) is 0 Å². The van der Waals surface area contributed by atoms with Crippen molar-refractivity contribution < 1.29 is 0 Å². The number of aromatic nitrogens is 1. The van der Waals surface area contributed by atoms with E-state index >= 15 is 0 Å². The lowest BCUT2D eigenvalue weighted by Crippen LogP contribution is -2.23. The third-order valence-corrected chi connectivity index (χ3v) is 3.82. The number of hydrogen-bond acceptors (Lipinski definition) is 3. The number of nitrogens with one attached hydrogen (secondary N) is 1. The number of thiazole rings is 1. The molecule has 2 heterocycles. The Morgan fingerprint density at radius 3 is 3.19 bits per heavy atom. The number of fused-ring (bicyclic) bond motifs is 1. The molecule has 16 heavy (non-hydrogen) atoms. The van der Waals surface area contributed by atoms with Crippen LogP contribution in [0.2, 0.25) is 0 Å². The highest BCUT2D eigenvalue weighted by Gasteiger charge is 2.11. The van der Waals surface area contributed by atoms with Gasteiger partial charge in [-0.05, 0) is 30.0 Å². The number of hydrogen-bond donors (Lipinski definition) is 1. The predicted octanol–water partition coefficient (Wildman–Crippen LogP) is 3.27. The van der Waals surface area contributed by atoms with Crippen LogP contribution in [0.25, 0.3) is 15.9 Å². The molecule has 0 bridgehead atoms. The zero-order chi connectivity index (χ0) is 11.0. The lowest BCUT2D eigenvalue weighted by atomic mass is 10.0. The molecule has 1 aromatic carbocycles. The van der Waals surface area contributed by atoms with Crippen molar-refractivity contribution in [3.63, 3.8) is 0 Å². The minimum Gasteiger partial charge on any atom is -0.385 e. The van der Waals surface area contributed by atoms with Crippen molar-refractivity contribution >= 4 is 27.3 Å². The van der Waals surface area contributed by atoms with E-state index in [1.165, 1.54) is 16.0 Å². The molecule has 0 amide bonds. The average Bonchev–Trinajstić information content (AvgIpc) is 2.77. The van der Waals surface area contributed by atoms with Gasteiger partial charge in [0.2, 0.25) is 0 Å². The maximum Gasteiger partial charge on any atom is 0.0818 e. The van der Waals surface area contributed by atoms with Crippen LogP contribution < -0.4 is 5.32 Å². The maximum atomic E-state index is 4.35. The summed E-state index contributed by atoms with van der Waals surface area (Å²) in [6.07, 6.45) is 3.46. The quantitative estimate of drug-likeness (QED) is 0.813. The van der Waals surface area contributed by atoms with Crippen LogP contribution in [0.5, 0.6) is 0 Å². The molecule has 0 saturated heterocycles. The predicted molar refractivity (Wildman–Crippen MR) is 69.4 cm³/mol. The highest BCUT2D eigenvalue weighted by molar-refractivity contribution is 7.16. The lowest BCUT2D eigenvalue weighted by molar-refractivity contribution is 0.550. The fourth-order valence-corrected chi connectivity index (χ4v) is 2.66. The molecule has 2 nitrogen and oxygen atoms in total. The van der Waals surface area contributed by atoms with E-state index < -0.39 is 0 Å². The zero-order valence-corrected chi connectivity index (χ0v) is 10.1. The Balaban J connectivity index is 1.99. The van der Waals surface area contributed by atoms with Crippen LogP contribution in [-0.2, 0) is 0 Å². The zero-order valence-electron chi connectivity index (χ0n) is 9.23. The lowest BCUT2D eigenvalue weighted by Gasteiger charge is -2.20. The van der Waals surface area contributed by atoms with Crippen LogP contribution in [0.1, 0.15) is 18.9 Å². The molecule has 0 radical (unpaired) electrons. The molecule has 0 fully saturated rings. The molecule has 82 valence electrons. The van der Waals surface area contributed by atoms with Crippen molar-refractivity contribution in [3.05, 3.63) is 35.3 Å². The molecule has 1 aliphatic heterocycles. The summed E-state index contributed by atoms with van der Waals surface area (Å²) in [5.41, 5.74) is 5.52. The Morgan fingerprint density at radius 1 is 1.44 bits per heavy atom. The molecule has 2 aromatic rings. The summed E-state index contributed by atoms with van der Waals surface area (Å²) in [7, 11) is 0. The van der Waals surface area contributed by atoms with E-state index in [-0.39, 0.29) is 0 Å². The first kappa shape index (κ1) is 9.85. The van der Waals surface area contributed by atoms with Gasteiger partial charge in [-0.25, -0.2) is 4.98 Å². The standard InChI is InChI=1S/C13H14N2S/c1-9-2-4-11(14-7-9)10-3-5-13-12(6-10)15-8-16-13/h3-6,8-9,14H,2,7H2,1H3/t9-/m0/s1. The van der Waals surface area contributed by atoms with Crippen LogP contribution in [0.3, 0.4) is 0 Å². The molecule has 3 heteroatoms. The van der Waals surface area contributed by atoms with Crippen molar-refractivity contribution in [3.8, 4) is 0 Å². The van der Waals surface area contributed by atoms with Crippen molar-refractivity contribution in [1.82, 2.24) is 10.3 Å². The SMILES string of the molecule is C[C@H]1CC=C(c2ccc3scnc3c2)NC1. The van der Waals surface area contributed by atoms with E-state index in [0.717, 1.165) is 24.4 Å². The van der Waals surface area contributed by atoms with Crippen molar-refractivity contribution in [2.45, 2.75) is 13.3 Å². The molecule has 3 rings (SSSR count). The summed E-state index contributed by atoms with van der Waals surface area (Å²) in [4.78, 5) is 4.35. The van der Waals surface area contributed by atoms with Crippen LogP contribution in [0.15, 0.2) is 29.8 Å². The summed E-state index contributed by atoms with van der Waals surface area (Å²) in [5, 5.41) is 3.48. The Bertz CT molecular complexity index is 542. The number of nitrogens with zero attached hydrogens (tertiary/aromatic N) is 1. The van der Waals surface area contributed by atoms with Gasteiger partial charge in [0, 0.05) is 12.2 Å². The fraction of sp³-hybridized carbons (Fsp3) is 0.308. The van der Waals surface area contributed by atoms with Gasteiger partial charge in [0.1, 0.15) is 0 Å². The second kappa shape index (κ2) is 3.91. The van der Waals surface area contributed by atoms with E-state index in [4.69, 9.17) is 0 Å². The van der Waals surface area contributed by atoms with Crippen molar-refractivity contribution in [1.29, 1.82) is 0 Å². The molecule has 1 N–H and O–H groups in total. The van der Waals surface area contributed by atoms with E-state index in [1.54, 1.807) is 11.3 Å². The summed E-state index contributed by atoms with van der Waals surface area (Å²) in [5.74, 6) is 0.742. The van der Waals surface area contributed by atoms with E-state index in [1.807, 2.05) is 5.51 Å². The van der Waals surface area contributed by atoms with Gasteiger partial charge in [-0.2, -0.15) is 0 Å². The van der Waals surface area contributed by atoms with Crippen molar-refractivity contribution in [2.24, 2.45) is 5.92 Å². The van der Waals surface area contributed by atoms with Gasteiger partial charge >= 0.3 is 0 Å². The van der Waals surface area contributed by atoms with Gasteiger partial charge in [-0.3, -0.25) is 0 Å². The summed E-state index contributed by atoms with van der Waals surface area (Å²) >= 11 is 1.69. The maximum absolute atomic E-state index is 4.35. The topological polar surface area (TPSA) is 24.9 Å². The number of rotatable bonds is 1. The number of allylic oxidation sites excluding steroid dienone is 1. The largest absolute Gasteiger partial charge is 0.385 e. The molecule has 1 aromatic heterocycles. The smallest absolute Gasteiger partial charge is 0.0818 e. The van der Waals surface area contributed by atoms with Crippen LogP contribution in [0.4, 0.5) is 0 Å². The van der Waals surface area contributed by atoms with E-state index in [9.17, 15) is 0 Å². The van der Waals surface area contributed by atoms with Gasteiger partial charge in [-0.15, -0.1) is 11.3 Å². The monoisotopic (exact) mass is 230 g/mol. The summed E-state index contributed by atoms with van der Waals surface area (Å²) in [6, 6.07) is 6.50. The molecule has 1 atom stereocenters. The molecular weight excluding hydrogens is 216 g/mol. The first-order valence-corrected chi connectivity index (χ1v) is 6.48. The Labute approximate surface area is 99.0 Å². The van der Waals surface area contributed by atoms with E-state index in [0.29, 0.717) is 0 Å². The second-order valence-electron chi connectivity index (χ2n) is 4.37. The third kappa shape index (κ3) is 1.71. The Hall–Kier alpha value is -1.35. The Kier molecular flexibility index (Phi) is 2.40. The molecule has 0 aliphatic carbocycles. The molecule has 0 saturated carbocycles. The van der Waals surface area contributed by atoms with Gasteiger partial charge in [-0.1, -0.05) is 19.1 Å².